The van der Waals surface area contributed by atoms with Gasteiger partial charge in [-0.25, -0.2) is 9.97 Å². The summed E-state index contributed by atoms with van der Waals surface area (Å²) in [5.74, 6) is 0.278. The van der Waals surface area contributed by atoms with Crippen molar-refractivity contribution in [2.24, 2.45) is 5.92 Å². The van der Waals surface area contributed by atoms with Crippen LogP contribution >= 0.6 is 11.6 Å². The van der Waals surface area contributed by atoms with Crippen LogP contribution in [0.25, 0.3) is 0 Å². The van der Waals surface area contributed by atoms with Gasteiger partial charge in [-0.3, -0.25) is 9.69 Å². The zero-order valence-electron chi connectivity index (χ0n) is 14.9. The first-order valence-electron chi connectivity index (χ1n) is 9.16. The normalized spacial score (nSPS) is 19.5. The van der Waals surface area contributed by atoms with Crippen LogP contribution < -0.4 is 10.2 Å². The maximum atomic E-state index is 12.5. The molecular formula is C17H23ClF3N5O. The maximum Gasteiger partial charge on any atom is 0.401 e. The predicted octanol–water partition coefficient (Wildman–Crippen LogP) is 2.73. The van der Waals surface area contributed by atoms with Crippen LogP contribution in [0.5, 0.6) is 0 Å². The molecule has 3 heterocycles. The zero-order chi connectivity index (χ0) is 19.4. The average molecular weight is 406 g/mol. The molecule has 2 fully saturated rings. The predicted molar refractivity (Wildman–Crippen MR) is 96.0 cm³/mol. The van der Waals surface area contributed by atoms with Crippen LogP contribution in [0.15, 0.2) is 6.20 Å². The number of nitrogens with one attached hydrogen (secondary N) is 1. The number of halogens is 4. The largest absolute Gasteiger partial charge is 0.401 e. The monoisotopic (exact) mass is 405 g/mol. The minimum absolute atomic E-state index is 0.142. The van der Waals surface area contributed by atoms with Crippen molar-refractivity contribution in [3.05, 3.63) is 16.9 Å². The van der Waals surface area contributed by atoms with Gasteiger partial charge in [0, 0.05) is 19.6 Å². The molecule has 0 saturated carbocycles. The molecule has 0 radical (unpaired) electrons. The quantitative estimate of drug-likeness (QED) is 0.816. The van der Waals surface area contributed by atoms with Gasteiger partial charge in [0.1, 0.15) is 0 Å². The van der Waals surface area contributed by atoms with Crippen molar-refractivity contribution in [1.82, 2.24) is 20.2 Å². The Morgan fingerprint density at radius 2 is 1.89 bits per heavy atom. The van der Waals surface area contributed by atoms with E-state index in [2.05, 4.69) is 15.3 Å². The lowest BCUT2D eigenvalue weighted by Gasteiger charge is -2.32. The minimum Gasteiger partial charge on any atom is -0.350 e. The SMILES string of the molecule is O=C(NCC1CCN(CC(F)(F)F)CC1)c1nc(N2CCCC2)ncc1Cl. The third-order valence-electron chi connectivity index (χ3n) is 5.00. The first-order valence-corrected chi connectivity index (χ1v) is 9.54. The molecule has 3 rings (SSSR count). The Kier molecular flexibility index (Phi) is 6.41. The number of amides is 1. The molecule has 10 heteroatoms. The fraction of sp³-hybridized carbons (Fsp3) is 0.706. The van der Waals surface area contributed by atoms with Crippen LogP contribution in [-0.2, 0) is 0 Å². The number of carbonyl (C=O) groups excluding carboxylic acids is 1. The van der Waals surface area contributed by atoms with Crippen LogP contribution in [0, 0.1) is 5.92 Å². The number of aromatic nitrogens is 2. The summed E-state index contributed by atoms with van der Waals surface area (Å²) in [5.41, 5.74) is 0.142. The number of carbonyl (C=O) groups is 1. The van der Waals surface area contributed by atoms with Crippen molar-refractivity contribution in [1.29, 1.82) is 0 Å². The second-order valence-electron chi connectivity index (χ2n) is 7.11. The Morgan fingerprint density at radius 1 is 1.22 bits per heavy atom. The van der Waals surface area contributed by atoms with E-state index in [9.17, 15) is 18.0 Å². The van der Waals surface area contributed by atoms with Crippen molar-refractivity contribution >= 4 is 23.5 Å². The lowest BCUT2D eigenvalue weighted by Crippen LogP contribution is -2.42. The highest BCUT2D eigenvalue weighted by Gasteiger charge is 2.32. The number of alkyl halides is 3. The fourth-order valence-corrected chi connectivity index (χ4v) is 3.69. The molecule has 6 nitrogen and oxygen atoms in total. The van der Waals surface area contributed by atoms with Gasteiger partial charge < -0.3 is 10.2 Å². The van der Waals surface area contributed by atoms with Crippen molar-refractivity contribution < 1.29 is 18.0 Å². The molecule has 0 aromatic carbocycles. The topological polar surface area (TPSA) is 61.4 Å². The Bertz CT molecular complexity index is 658. The highest BCUT2D eigenvalue weighted by molar-refractivity contribution is 6.33. The molecule has 2 aliphatic heterocycles. The molecule has 0 spiro atoms. The van der Waals surface area contributed by atoms with Crippen LogP contribution in [0.4, 0.5) is 19.1 Å². The van der Waals surface area contributed by atoms with Crippen molar-refractivity contribution in [2.75, 3.05) is 44.2 Å². The second-order valence-corrected chi connectivity index (χ2v) is 7.51. The average Bonchev–Trinajstić information content (AvgIpc) is 3.14. The third kappa shape index (κ3) is 5.68. The summed E-state index contributed by atoms with van der Waals surface area (Å²) in [6.07, 6.45) is 0.644. The van der Waals surface area contributed by atoms with E-state index in [0.717, 1.165) is 25.9 Å². The smallest absolute Gasteiger partial charge is 0.350 e. The summed E-state index contributed by atoms with van der Waals surface area (Å²) in [5, 5.41) is 3.01. The van der Waals surface area contributed by atoms with Gasteiger partial charge >= 0.3 is 6.18 Å². The van der Waals surface area contributed by atoms with Gasteiger partial charge in [-0.1, -0.05) is 11.6 Å². The van der Waals surface area contributed by atoms with Gasteiger partial charge in [0.2, 0.25) is 5.95 Å². The van der Waals surface area contributed by atoms with E-state index in [-0.39, 0.29) is 22.5 Å². The van der Waals surface area contributed by atoms with E-state index < -0.39 is 12.7 Å². The van der Waals surface area contributed by atoms with Gasteiger partial charge in [0.05, 0.1) is 17.8 Å². The zero-order valence-corrected chi connectivity index (χ0v) is 15.7. The Balaban J connectivity index is 1.50. The molecular weight excluding hydrogens is 383 g/mol. The Morgan fingerprint density at radius 3 is 2.52 bits per heavy atom. The van der Waals surface area contributed by atoms with E-state index in [0.29, 0.717) is 38.4 Å². The Labute approximate surface area is 161 Å². The van der Waals surface area contributed by atoms with Crippen LogP contribution in [0.2, 0.25) is 5.02 Å². The van der Waals surface area contributed by atoms with Gasteiger partial charge in [0.15, 0.2) is 5.69 Å². The molecule has 0 atom stereocenters. The van der Waals surface area contributed by atoms with Gasteiger partial charge in [-0.2, -0.15) is 13.2 Å². The van der Waals surface area contributed by atoms with Gasteiger partial charge in [-0.15, -0.1) is 0 Å². The molecule has 1 N–H and O–H groups in total. The number of anilines is 1. The number of piperidine rings is 1. The second kappa shape index (κ2) is 8.60. The third-order valence-corrected chi connectivity index (χ3v) is 5.27. The van der Waals surface area contributed by atoms with Crippen molar-refractivity contribution in [2.45, 2.75) is 31.9 Å². The maximum absolute atomic E-state index is 12.5. The van der Waals surface area contributed by atoms with Crippen molar-refractivity contribution in [3.8, 4) is 0 Å². The molecule has 2 saturated heterocycles. The molecule has 1 aromatic heterocycles. The fourth-order valence-electron chi connectivity index (χ4n) is 3.51. The highest BCUT2D eigenvalue weighted by Crippen LogP contribution is 2.23. The summed E-state index contributed by atoms with van der Waals surface area (Å²) in [4.78, 5) is 24.4. The van der Waals surface area contributed by atoms with Crippen LogP contribution in [0.1, 0.15) is 36.2 Å². The molecule has 1 amide bonds. The van der Waals surface area contributed by atoms with Gasteiger partial charge in [0.25, 0.3) is 5.91 Å². The van der Waals surface area contributed by atoms with E-state index in [1.54, 1.807) is 0 Å². The number of likely N-dealkylation sites (tertiary alicyclic amines) is 1. The molecule has 0 bridgehead atoms. The highest BCUT2D eigenvalue weighted by atomic mass is 35.5. The first-order chi connectivity index (χ1) is 12.8. The van der Waals surface area contributed by atoms with E-state index in [1.807, 2.05) is 4.90 Å². The van der Waals surface area contributed by atoms with Gasteiger partial charge in [-0.05, 0) is 44.7 Å². The standard InChI is InChI=1S/C17H23ClF3N5O/c18-13-10-23-16(26-5-1-2-6-26)24-14(13)15(27)22-9-12-3-7-25(8-4-12)11-17(19,20)21/h10,12H,1-9,11H2,(H,22,27). The van der Waals surface area contributed by atoms with E-state index in [1.165, 1.54) is 11.1 Å². The summed E-state index contributed by atoms with van der Waals surface area (Å²) >= 11 is 6.08. The number of nitrogens with zero attached hydrogens (tertiary/aromatic N) is 4. The minimum atomic E-state index is -4.17. The van der Waals surface area contributed by atoms with Crippen molar-refractivity contribution in [3.63, 3.8) is 0 Å². The molecule has 2 aliphatic rings. The number of hydrogen-bond acceptors (Lipinski definition) is 5. The molecule has 0 unspecified atom stereocenters. The summed E-state index contributed by atoms with van der Waals surface area (Å²) < 4.78 is 37.3. The van der Waals surface area contributed by atoms with E-state index >= 15 is 0 Å². The molecule has 27 heavy (non-hydrogen) atoms. The summed E-state index contributed by atoms with van der Waals surface area (Å²) in [6.45, 7) is 2.01. The van der Waals surface area contributed by atoms with Crippen LogP contribution in [-0.4, -0.2) is 66.2 Å². The molecule has 1 aromatic rings. The lowest BCUT2D eigenvalue weighted by atomic mass is 9.97. The first kappa shape index (κ1) is 20.1. The lowest BCUT2D eigenvalue weighted by molar-refractivity contribution is -0.148. The molecule has 150 valence electrons. The summed E-state index contributed by atoms with van der Waals surface area (Å²) in [6, 6.07) is 0. The molecule has 0 aliphatic carbocycles. The van der Waals surface area contributed by atoms with Crippen LogP contribution in [0.3, 0.4) is 0 Å². The summed E-state index contributed by atoms with van der Waals surface area (Å²) in [7, 11) is 0. The van der Waals surface area contributed by atoms with E-state index in [4.69, 9.17) is 11.6 Å². The number of rotatable bonds is 5. The Hall–Kier alpha value is -1.61. The number of hydrogen-bond donors (Lipinski definition) is 1.